The van der Waals surface area contributed by atoms with Gasteiger partial charge in [-0.05, 0) is 37.0 Å². The van der Waals surface area contributed by atoms with Gasteiger partial charge in [-0.1, -0.05) is 19.1 Å². The first-order chi connectivity index (χ1) is 8.44. The largest absolute Gasteiger partial charge is 0.497 e. The highest BCUT2D eigenvalue weighted by Crippen LogP contribution is 2.15. The summed E-state index contributed by atoms with van der Waals surface area (Å²) in [4.78, 5) is 0. The molecule has 1 N–H and O–H groups in total. The molecule has 1 aromatic rings. The van der Waals surface area contributed by atoms with E-state index in [4.69, 9.17) is 9.29 Å². The van der Waals surface area contributed by atoms with Crippen LogP contribution in [0.4, 0.5) is 0 Å². The Morgan fingerprint density at radius 3 is 2.33 bits per heavy atom. The first kappa shape index (κ1) is 14.9. The third kappa shape index (κ3) is 5.48. The fourth-order valence-corrected chi connectivity index (χ4v) is 2.19. The number of hydrogen-bond donors (Lipinski definition) is 1. The van der Waals surface area contributed by atoms with Crippen LogP contribution in [-0.4, -0.2) is 26.2 Å². The molecular weight excluding hydrogens is 256 g/mol. The van der Waals surface area contributed by atoms with Gasteiger partial charge in [-0.25, -0.2) is 4.18 Å². The molecule has 0 radical (unpaired) electrons. The standard InChI is InChI=1S/C12H18O5S/c1-3-11(17-18(13,14)15)7-4-10-5-8-12(16-2)9-6-10/h5-6,8-9,11H,3-4,7H2,1-2H3,(H,13,14,15). The fraction of sp³-hybridized carbons (Fsp3) is 0.500. The molecule has 1 aromatic carbocycles. The number of aryl methyl sites for hydroxylation is 1. The van der Waals surface area contributed by atoms with Crippen LogP contribution in [0.1, 0.15) is 25.3 Å². The molecule has 0 saturated carbocycles. The van der Waals surface area contributed by atoms with Crippen molar-refractivity contribution in [2.24, 2.45) is 0 Å². The van der Waals surface area contributed by atoms with Gasteiger partial charge in [0.1, 0.15) is 5.75 Å². The van der Waals surface area contributed by atoms with Gasteiger partial charge in [0.25, 0.3) is 0 Å². The van der Waals surface area contributed by atoms with Crippen molar-refractivity contribution in [1.29, 1.82) is 0 Å². The third-order valence-corrected chi connectivity index (χ3v) is 3.14. The summed E-state index contributed by atoms with van der Waals surface area (Å²) in [7, 11) is -2.77. The van der Waals surface area contributed by atoms with E-state index < -0.39 is 16.5 Å². The summed E-state index contributed by atoms with van der Waals surface area (Å²) in [6.45, 7) is 1.81. The van der Waals surface area contributed by atoms with Crippen LogP contribution in [-0.2, 0) is 21.0 Å². The van der Waals surface area contributed by atoms with Crippen LogP contribution in [0.5, 0.6) is 5.75 Å². The van der Waals surface area contributed by atoms with Crippen LogP contribution in [0.2, 0.25) is 0 Å². The minimum absolute atomic E-state index is 0.498. The molecule has 0 aliphatic carbocycles. The van der Waals surface area contributed by atoms with E-state index in [1.54, 1.807) is 7.11 Å². The first-order valence-corrected chi connectivity index (χ1v) is 7.09. The minimum Gasteiger partial charge on any atom is -0.497 e. The van der Waals surface area contributed by atoms with Crippen LogP contribution < -0.4 is 4.74 Å². The van der Waals surface area contributed by atoms with E-state index in [2.05, 4.69) is 4.18 Å². The molecule has 0 fully saturated rings. The zero-order valence-corrected chi connectivity index (χ0v) is 11.3. The highest BCUT2D eigenvalue weighted by molar-refractivity contribution is 7.80. The van der Waals surface area contributed by atoms with E-state index in [0.717, 1.165) is 11.3 Å². The summed E-state index contributed by atoms with van der Waals surface area (Å²) in [6.07, 6.45) is 1.23. The maximum atomic E-state index is 10.6. The van der Waals surface area contributed by atoms with Crippen LogP contribution in [0.15, 0.2) is 24.3 Å². The van der Waals surface area contributed by atoms with Crippen LogP contribution in [0.25, 0.3) is 0 Å². The van der Waals surface area contributed by atoms with Crippen LogP contribution in [0.3, 0.4) is 0 Å². The second-order valence-electron chi connectivity index (χ2n) is 3.94. The molecule has 102 valence electrons. The predicted octanol–water partition coefficient (Wildman–Crippen LogP) is 2.23. The monoisotopic (exact) mass is 274 g/mol. The number of methoxy groups -OCH3 is 1. The lowest BCUT2D eigenvalue weighted by Gasteiger charge is -2.13. The first-order valence-electron chi connectivity index (χ1n) is 5.73. The van der Waals surface area contributed by atoms with Gasteiger partial charge in [0.15, 0.2) is 0 Å². The molecule has 0 heterocycles. The predicted molar refractivity (Wildman–Crippen MR) is 68.0 cm³/mol. The molecule has 1 rings (SSSR count). The van der Waals surface area contributed by atoms with Crippen molar-refractivity contribution in [2.45, 2.75) is 32.3 Å². The Bertz CT molecular complexity index is 452. The van der Waals surface area contributed by atoms with Crippen molar-refractivity contribution in [3.63, 3.8) is 0 Å². The summed E-state index contributed by atoms with van der Waals surface area (Å²) < 4.78 is 39.4. The smallest absolute Gasteiger partial charge is 0.397 e. The van der Waals surface area contributed by atoms with E-state index in [1.165, 1.54) is 0 Å². The molecule has 0 aromatic heterocycles. The average molecular weight is 274 g/mol. The molecule has 6 heteroatoms. The molecule has 18 heavy (non-hydrogen) atoms. The van der Waals surface area contributed by atoms with E-state index in [1.807, 2.05) is 31.2 Å². The normalized spacial score (nSPS) is 13.3. The van der Waals surface area contributed by atoms with Gasteiger partial charge in [-0.3, -0.25) is 4.55 Å². The van der Waals surface area contributed by atoms with E-state index >= 15 is 0 Å². The molecule has 0 saturated heterocycles. The van der Waals surface area contributed by atoms with Crippen LogP contribution in [0, 0.1) is 0 Å². The van der Waals surface area contributed by atoms with Crippen LogP contribution >= 0.6 is 0 Å². The lowest BCUT2D eigenvalue weighted by atomic mass is 10.1. The SMILES string of the molecule is CCC(CCc1ccc(OC)cc1)OS(=O)(=O)O. The topological polar surface area (TPSA) is 72.8 Å². The second-order valence-corrected chi connectivity index (χ2v) is 4.99. The molecule has 0 aliphatic heterocycles. The van der Waals surface area contributed by atoms with Crippen molar-refractivity contribution in [1.82, 2.24) is 0 Å². The molecule has 1 atom stereocenters. The lowest BCUT2D eigenvalue weighted by molar-refractivity contribution is 0.169. The van der Waals surface area contributed by atoms with Gasteiger partial charge >= 0.3 is 10.4 Å². The zero-order valence-electron chi connectivity index (χ0n) is 10.5. The van der Waals surface area contributed by atoms with Gasteiger partial charge in [0.2, 0.25) is 0 Å². The average Bonchev–Trinajstić information content (AvgIpc) is 2.33. The molecule has 0 spiro atoms. The van der Waals surface area contributed by atoms with Gasteiger partial charge in [0, 0.05) is 0 Å². The summed E-state index contributed by atoms with van der Waals surface area (Å²) in [5.41, 5.74) is 1.06. The Labute approximate surface area is 108 Å². The summed E-state index contributed by atoms with van der Waals surface area (Å²) in [5.74, 6) is 0.778. The highest BCUT2D eigenvalue weighted by atomic mass is 32.3. The Hall–Kier alpha value is -1.11. The molecular formula is C12H18O5S. The van der Waals surface area contributed by atoms with Crippen molar-refractivity contribution < 1.29 is 21.9 Å². The van der Waals surface area contributed by atoms with Gasteiger partial charge in [0.05, 0.1) is 13.2 Å². The number of hydrogen-bond acceptors (Lipinski definition) is 4. The Kier molecular flexibility index (Phi) is 5.58. The number of rotatable bonds is 7. The maximum absolute atomic E-state index is 10.6. The van der Waals surface area contributed by atoms with Crippen molar-refractivity contribution in [3.05, 3.63) is 29.8 Å². The fourth-order valence-electron chi connectivity index (χ4n) is 1.61. The molecule has 1 unspecified atom stereocenters. The molecule has 5 nitrogen and oxygen atoms in total. The van der Waals surface area contributed by atoms with Gasteiger partial charge in [-0.2, -0.15) is 8.42 Å². The zero-order chi connectivity index (χ0) is 13.6. The highest BCUT2D eigenvalue weighted by Gasteiger charge is 2.15. The molecule has 0 bridgehead atoms. The van der Waals surface area contributed by atoms with E-state index in [0.29, 0.717) is 19.3 Å². The second kappa shape index (κ2) is 6.72. The van der Waals surface area contributed by atoms with Crippen molar-refractivity contribution in [3.8, 4) is 5.75 Å². The van der Waals surface area contributed by atoms with Crippen molar-refractivity contribution >= 4 is 10.4 Å². The van der Waals surface area contributed by atoms with Crippen molar-refractivity contribution in [2.75, 3.05) is 7.11 Å². The van der Waals surface area contributed by atoms with E-state index in [9.17, 15) is 8.42 Å². The molecule has 0 amide bonds. The minimum atomic E-state index is -4.37. The van der Waals surface area contributed by atoms with Gasteiger partial charge in [-0.15, -0.1) is 0 Å². The Morgan fingerprint density at radius 2 is 1.89 bits per heavy atom. The number of benzene rings is 1. The summed E-state index contributed by atoms with van der Waals surface area (Å²) in [5, 5.41) is 0. The third-order valence-electron chi connectivity index (χ3n) is 2.63. The van der Waals surface area contributed by atoms with E-state index in [-0.39, 0.29) is 0 Å². The summed E-state index contributed by atoms with van der Waals surface area (Å²) in [6, 6.07) is 7.53. The lowest BCUT2D eigenvalue weighted by Crippen LogP contribution is -2.17. The maximum Gasteiger partial charge on any atom is 0.397 e. The molecule has 0 aliphatic rings. The van der Waals surface area contributed by atoms with Gasteiger partial charge < -0.3 is 4.74 Å². The number of ether oxygens (including phenoxy) is 1. The quantitative estimate of drug-likeness (QED) is 0.772. The Morgan fingerprint density at radius 1 is 1.28 bits per heavy atom. The summed E-state index contributed by atoms with van der Waals surface area (Å²) >= 11 is 0. The Balaban J connectivity index is 2.51.